The second-order valence-corrected chi connectivity index (χ2v) is 8.40. The highest BCUT2D eigenvalue weighted by Gasteiger charge is 2.53. The van der Waals surface area contributed by atoms with E-state index in [0.29, 0.717) is 6.42 Å². The minimum Gasteiger partial charge on any atom is -0.351 e. The Bertz CT molecular complexity index is 1040. The van der Waals surface area contributed by atoms with Gasteiger partial charge in [0.2, 0.25) is 0 Å². The van der Waals surface area contributed by atoms with Crippen molar-refractivity contribution in [3.8, 4) is 11.8 Å². The van der Waals surface area contributed by atoms with Crippen LogP contribution in [0.25, 0.3) is 5.69 Å². The Hall–Kier alpha value is -2.65. The quantitative estimate of drug-likeness (QED) is 0.681. The average molecular weight is 376 g/mol. The number of nitrogens with zero attached hydrogens (tertiary/aromatic N) is 5. The minimum atomic E-state index is -0.586. The lowest BCUT2D eigenvalue weighted by Crippen LogP contribution is -2.52. The highest BCUT2D eigenvalue weighted by atomic mass is 32.1. The minimum absolute atomic E-state index is 0.152. The maximum Gasteiger partial charge on any atom is 0.136 e. The number of para-hydroxylation sites is 1. The Morgan fingerprint density at radius 3 is 2.78 bits per heavy atom. The first-order valence-corrected chi connectivity index (χ1v) is 10.3. The van der Waals surface area contributed by atoms with E-state index in [0.717, 1.165) is 41.5 Å². The molecular weight excluding hydrogens is 354 g/mol. The molecule has 6 heteroatoms. The molecule has 0 saturated carbocycles. The molecule has 4 heterocycles. The van der Waals surface area contributed by atoms with Gasteiger partial charge < -0.3 is 4.90 Å². The van der Waals surface area contributed by atoms with Crippen molar-refractivity contribution in [2.45, 2.75) is 44.6 Å². The van der Waals surface area contributed by atoms with Gasteiger partial charge in [0.15, 0.2) is 0 Å². The first-order chi connectivity index (χ1) is 13.1. The van der Waals surface area contributed by atoms with Crippen LogP contribution in [0, 0.1) is 25.2 Å². The highest BCUT2D eigenvalue weighted by Crippen LogP contribution is 2.49. The van der Waals surface area contributed by atoms with E-state index in [-0.39, 0.29) is 6.04 Å². The largest absolute Gasteiger partial charge is 0.351 e. The van der Waals surface area contributed by atoms with Crippen LogP contribution in [-0.4, -0.2) is 27.4 Å². The molecule has 0 bridgehead atoms. The van der Waals surface area contributed by atoms with Gasteiger partial charge in [-0.05, 0) is 38.8 Å². The van der Waals surface area contributed by atoms with Crippen molar-refractivity contribution in [2.75, 3.05) is 11.4 Å². The molecule has 2 atom stereocenters. The van der Waals surface area contributed by atoms with Gasteiger partial charge in [-0.25, -0.2) is 9.67 Å². The van der Waals surface area contributed by atoms with Crippen LogP contribution in [0.2, 0.25) is 0 Å². The van der Waals surface area contributed by atoms with Crippen molar-refractivity contribution in [3.63, 3.8) is 0 Å². The number of benzene rings is 1. The Morgan fingerprint density at radius 2 is 2.07 bits per heavy atom. The number of hydrogen-bond acceptors (Lipinski definition) is 5. The Kier molecular flexibility index (Phi) is 3.63. The number of aromatic nitrogens is 3. The van der Waals surface area contributed by atoms with E-state index in [4.69, 9.17) is 10.1 Å². The molecule has 3 aromatic rings. The third kappa shape index (κ3) is 2.28. The van der Waals surface area contributed by atoms with Gasteiger partial charge >= 0.3 is 0 Å². The van der Waals surface area contributed by atoms with Crippen molar-refractivity contribution in [1.82, 2.24) is 14.8 Å². The van der Waals surface area contributed by atoms with Gasteiger partial charge in [-0.15, -0.1) is 11.3 Å². The first-order valence-electron chi connectivity index (χ1n) is 9.38. The SMILES string of the molecule is Cc1csc([C@@]2(C#N)Cc3c(C)nn(-c4ccccc4)c3N3CCC[C@H]32)n1. The van der Waals surface area contributed by atoms with Crippen molar-refractivity contribution in [2.24, 2.45) is 0 Å². The van der Waals surface area contributed by atoms with Crippen LogP contribution in [0.15, 0.2) is 35.7 Å². The monoisotopic (exact) mass is 375 g/mol. The molecule has 5 nitrogen and oxygen atoms in total. The second kappa shape index (κ2) is 5.93. The number of hydrogen-bond donors (Lipinski definition) is 0. The fraction of sp³-hybridized carbons (Fsp3) is 0.381. The van der Waals surface area contributed by atoms with Gasteiger partial charge in [0, 0.05) is 29.6 Å². The summed E-state index contributed by atoms with van der Waals surface area (Å²) in [6.45, 7) is 5.03. The summed E-state index contributed by atoms with van der Waals surface area (Å²) < 4.78 is 2.07. The van der Waals surface area contributed by atoms with Gasteiger partial charge in [0.05, 0.1) is 23.5 Å². The topological polar surface area (TPSA) is 57.7 Å². The number of nitriles is 1. The average Bonchev–Trinajstić information content (AvgIpc) is 3.41. The molecule has 2 aliphatic heterocycles. The summed E-state index contributed by atoms with van der Waals surface area (Å²) in [7, 11) is 0. The predicted octanol–water partition coefficient (Wildman–Crippen LogP) is 3.93. The Balaban J connectivity index is 1.72. The summed E-state index contributed by atoms with van der Waals surface area (Å²) in [5.41, 5.74) is 3.68. The van der Waals surface area contributed by atoms with E-state index in [2.05, 4.69) is 40.1 Å². The third-order valence-corrected chi connectivity index (χ3v) is 7.05. The normalized spacial score (nSPS) is 23.7. The van der Waals surface area contributed by atoms with Gasteiger partial charge in [-0.3, -0.25) is 0 Å². The summed E-state index contributed by atoms with van der Waals surface area (Å²) in [6.07, 6.45) is 2.80. The molecule has 1 aromatic carbocycles. The molecule has 0 radical (unpaired) electrons. The van der Waals surface area contributed by atoms with Gasteiger partial charge in [0.25, 0.3) is 0 Å². The van der Waals surface area contributed by atoms with E-state index in [9.17, 15) is 5.26 Å². The van der Waals surface area contributed by atoms with Crippen molar-refractivity contribution in [1.29, 1.82) is 5.26 Å². The van der Waals surface area contributed by atoms with E-state index in [1.165, 1.54) is 11.4 Å². The molecule has 136 valence electrons. The number of aryl methyl sites for hydroxylation is 2. The zero-order valence-corrected chi connectivity index (χ0v) is 16.3. The van der Waals surface area contributed by atoms with Gasteiger partial charge in [-0.2, -0.15) is 10.4 Å². The van der Waals surface area contributed by atoms with E-state index in [1.54, 1.807) is 11.3 Å². The highest BCUT2D eigenvalue weighted by molar-refractivity contribution is 7.09. The van der Waals surface area contributed by atoms with Crippen LogP contribution in [0.4, 0.5) is 5.82 Å². The van der Waals surface area contributed by atoms with Gasteiger partial charge in [0.1, 0.15) is 16.2 Å². The van der Waals surface area contributed by atoms with Gasteiger partial charge in [-0.1, -0.05) is 18.2 Å². The molecule has 0 N–H and O–H groups in total. The fourth-order valence-corrected chi connectivity index (χ4v) is 5.66. The molecule has 5 rings (SSSR count). The summed E-state index contributed by atoms with van der Waals surface area (Å²) in [4.78, 5) is 7.17. The first kappa shape index (κ1) is 16.5. The molecule has 2 aromatic heterocycles. The summed E-state index contributed by atoms with van der Waals surface area (Å²) in [6, 6.07) is 13.1. The maximum atomic E-state index is 10.4. The van der Waals surface area contributed by atoms with Crippen LogP contribution < -0.4 is 4.90 Å². The number of thiazole rings is 1. The maximum absolute atomic E-state index is 10.4. The van der Waals surface area contributed by atoms with Crippen molar-refractivity contribution < 1.29 is 0 Å². The zero-order valence-electron chi connectivity index (χ0n) is 15.5. The van der Waals surface area contributed by atoms with E-state index >= 15 is 0 Å². The lowest BCUT2D eigenvalue weighted by molar-refractivity contribution is 0.404. The van der Waals surface area contributed by atoms with Crippen LogP contribution in [0.1, 0.15) is 34.8 Å². The van der Waals surface area contributed by atoms with Crippen LogP contribution in [0.3, 0.4) is 0 Å². The molecule has 27 heavy (non-hydrogen) atoms. The van der Waals surface area contributed by atoms with Crippen molar-refractivity contribution in [3.05, 3.63) is 57.7 Å². The molecule has 1 fully saturated rings. The molecule has 0 amide bonds. The van der Waals surface area contributed by atoms with E-state index in [1.807, 2.05) is 25.1 Å². The molecule has 2 aliphatic rings. The predicted molar refractivity (Wildman–Crippen MR) is 107 cm³/mol. The lowest BCUT2D eigenvalue weighted by Gasteiger charge is -2.42. The summed E-state index contributed by atoms with van der Waals surface area (Å²) >= 11 is 1.62. The van der Waals surface area contributed by atoms with Crippen LogP contribution in [0.5, 0.6) is 0 Å². The smallest absolute Gasteiger partial charge is 0.136 e. The molecule has 0 aliphatic carbocycles. The zero-order chi connectivity index (χ0) is 18.6. The Morgan fingerprint density at radius 1 is 1.26 bits per heavy atom. The molecular formula is C21H21N5S. The second-order valence-electron chi connectivity index (χ2n) is 7.54. The lowest BCUT2D eigenvalue weighted by atomic mass is 9.73. The van der Waals surface area contributed by atoms with Crippen molar-refractivity contribution >= 4 is 17.2 Å². The number of fused-ring (bicyclic) bond motifs is 3. The summed E-state index contributed by atoms with van der Waals surface area (Å²) in [5.74, 6) is 1.17. The Labute approximate surface area is 162 Å². The number of rotatable bonds is 2. The number of anilines is 1. The fourth-order valence-electron chi connectivity index (χ4n) is 4.67. The summed E-state index contributed by atoms with van der Waals surface area (Å²) in [5, 5.41) is 18.2. The third-order valence-electron chi connectivity index (χ3n) is 5.91. The van der Waals surface area contributed by atoms with Crippen LogP contribution in [-0.2, 0) is 11.8 Å². The molecule has 0 spiro atoms. The standard InChI is InChI=1S/C21H21N5S/c1-14-12-27-20(23-14)21(13-22)11-17-15(2)24-26(16-7-4-3-5-8-16)19(17)25-10-6-9-18(21)25/h3-5,7-8,12,18H,6,9-11H2,1-2H3/t18-,21+/m0/s1. The molecule has 1 saturated heterocycles. The van der Waals surface area contributed by atoms with Crippen LogP contribution >= 0.6 is 11.3 Å². The van der Waals surface area contributed by atoms with E-state index < -0.39 is 5.41 Å². The molecule has 0 unspecified atom stereocenters.